The van der Waals surface area contributed by atoms with Crippen molar-refractivity contribution in [2.75, 3.05) is 5.75 Å². The van der Waals surface area contributed by atoms with Crippen molar-refractivity contribution in [1.29, 1.82) is 0 Å². The third-order valence-corrected chi connectivity index (χ3v) is 7.46. The maximum Gasteiger partial charge on any atom is 0.160 e. The second-order valence-corrected chi connectivity index (χ2v) is 9.67. The van der Waals surface area contributed by atoms with Crippen molar-refractivity contribution in [2.24, 2.45) is 11.8 Å². The van der Waals surface area contributed by atoms with Gasteiger partial charge in [0, 0.05) is 18.1 Å². The second kappa shape index (κ2) is 6.25. The van der Waals surface area contributed by atoms with E-state index in [9.17, 15) is 13.5 Å². The monoisotopic (exact) mass is 360 g/mol. The van der Waals surface area contributed by atoms with Crippen LogP contribution in [0, 0.1) is 11.8 Å². The summed E-state index contributed by atoms with van der Waals surface area (Å²) in [4.78, 5) is 4.24. The fourth-order valence-corrected chi connectivity index (χ4v) is 6.46. The molecule has 1 heterocycles. The summed E-state index contributed by atoms with van der Waals surface area (Å²) < 4.78 is 27.4. The maximum absolute atomic E-state index is 12.8. The van der Waals surface area contributed by atoms with E-state index < -0.39 is 15.4 Å². The summed E-state index contributed by atoms with van der Waals surface area (Å²) in [6.45, 7) is 0. The molecule has 5 rings (SSSR count). The summed E-state index contributed by atoms with van der Waals surface area (Å²) in [7, 11) is -3.45. The van der Waals surface area contributed by atoms with Crippen LogP contribution in [-0.2, 0) is 15.6 Å². The number of aliphatic hydroxyl groups is 1. The zero-order valence-corrected chi connectivity index (χ0v) is 15.0. The van der Waals surface area contributed by atoms with Crippen LogP contribution in [0.4, 0.5) is 0 Å². The van der Waals surface area contributed by atoms with Gasteiger partial charge in [0.2, 0.25) is 0 Å². The normalized spacial score (nSPS) is 29.0. The number of hydrogen-bond donors (Lipinski definition) is 1. The van der Waals surface area contributed by atoms with E-state index in [0.717, 1.165) is 31.4 Å². The lowest BCUT2D eigenvalue weighted by molar-refractivity contribution is -0.0801. The van der Waals surface area contributed by atoms with Crippen LogP contribution in [0.5, 0.6) is 0 Å². The van der Waals surface area contributed by atoms with Crippen LogP contribution in [0.3, 0.4) is 0 Å². The fourth-order valence-electron chi connectivity index (χ4n) is 4.64. The molecule has 1 aromatic heterocycles. The van der Waals surface area contributed by atoms with Crippen molar-refractivity contribution >= 4 is 9.84 Å². The van der Waals surface area contributed by atoms with E-state index in [0.29, 0.717) is 18.2 Å². The Bertz CT molecular complexity index is 839. The third kappa shape index (κ3) is 3.37. The lowest BCUT2D eigenvalue weighted by atomic mass is 9.63. The average molecular weight is 360 g/mol. The first kappa shape index (κ1) is 16.8. The molecule has 6 heteroatoms. The Morgan fingerprint density at radius 2 is 1.88 bits per heavy atom. The van der Waals surface area contributed by atoms with Gasteiger partial charge in [-0.2, -0.15) is 0 Å². The summed E-state index contributed by atoms with van der Waals surface area (Å²) >= 11 is 0. The molecule has 5 nitrogen and oxygen atoms in total. The predicted octanol–water partition coefficient (Wildman–Crippen LogP) is 2.73. The fraction of sp³-hybridized carbons (Fsp3) is 0.526. The van der Waals surface area contributed by atoms with E-state index >= 15 is 0 Å². The second-order valence-electron chi connectivity index (χ2n) is 7.61. The highest BCUT2D eigenvalue weighted by atomic mass is 32.2. The van der Waals surface area contributed by atoms with Gasteiger partial charge >= 0.3 is 0 Å². The van der Waals surface area contributed by atoms with Crippen molar-refractivity contribution in [3.8, 4) is 5.69 Å². The van der Waals surface area contributed by atoms with Crippen LogP contribution in [0.15, 0.2) is 42.7 Å². The molecule has 0 amide bonds. The topological polar surface area (TPSA) is 72.2 Å². The maximum atomic E-state index is 12.8. The average Bonchev–Trinajstić information content (AvgIpc) is 3.02. The van der Waals surface area contributed by atoms with Crippen molar-refractivity contribution in [3.63, 3.8) is 0 Å². The van der Waals surface area contributed by atoms with Crippen LogP contribution >= 0.6 is 0 Å². The SMILES string of the molecule is O=S(=O)(Cc1nccn1-c1ccccc1)CC1(O)CC2CCC1CC2. The van der Waals surface area contributed by atoms with E-state index in [1.165, 1.54) is 0 Å². The van der Waals surface area contributed by atoms with Gasteiger partial charge in [-0.25, -0.2) is 13.4 Å². The molecule has 25 heavy (non-hydrogen) atoms. The highest BCUT2D eigenvalue weighted by molar-refractivity contribution is 7.90. The van der Waals surface area contributed by atoms with E-state index in [-0.39, 0.29) is 17.4 Å². The molecule has 0 aliphatic heterocycles. The third-order valence-electron chi connectivity index (χ3n) is 5.82. The van der Waals surface area contributed by atoms with Crippen LogP contribution in [-0.4, -0.2) is 34.4 Å². The van der Waals surface area contributed by atoms with Gasteiger partial charge in [0.15, 0.2) is 9.84 Å². The van der Waals surface area contributed by atoms with Crippen LogP contribution in [0.1, 0.15) is 37.9 Å². The Labute approximate surface area is 148 Å². The van der Waals surface area contributed by atoms with Crippen molar-refractivity contribution < 1.29 is 13.5 Å². The van der Waals surface area contributed by atoms with Crippen molar-refractivity contribution in [3.05, 3.63) is 48.5 Å². The molecular weight excluding hydrogens is 336 g/mol. The summed E-state index contributed by atoms with van der Waals surface area (Å²) in [6.07, 6.45) is 8.19. The van der Waals surface area contributed by atoms with E-state index in [2.05, 4.69) is 4.98 Å². The molecule has 3 fully saturated rings. The Hall–Kier alpha value is -1.66. The number of fused-ring (bicyclic) bond motifs is 3. The number of para-hydroxylation sites is 1. The standard InChI is InChI=1S/C19H24N2O3S/c22-19(12-15-6-8-16(19)9-7-15)14-25(23,24)13-18-20-10-11-21(18)17-4-2-1-3-5-17/h1-5,10-11,15-16,22H,6-9,12-14H2. The minimum Gasteiger partial charge on any atom is -0.389 e. The van der Waals surface area contributed by atoms with Gasteiger partial charge in [0.05, 0.1) is 11.4 Å². The number of sulfone groups is 1. The van der Waals surface area contributed by atoms with Gasteiger partial charge in [-0.15, -0.1) is 0 Å². The molecule has 1 aromatic carbocycles. The smallest absolute Gasteiger partial charge is 0.160 e. The van der Waals surface area contributed by atoms with Gasteiger partial charge in [0.25, 0.3) is 0 Å². The molecule has 134 valence electrons. The number of hydrogen-bond acceptors (Lipinski definition) is 4. The van der Waals surface area contributed by atoms with Gasteiger partial charge < -0.3 is 9.67 Å². The molecule has 2 aromatic rings. The lowest BCUT2D eigenvalue weighted by Gasteiger charge is -2.48. The van der Waals surface area contributed by atoms with Gasteiger partial charge in [-0.1, -0.05) is 18.2 Å². The van der Waals surface area contributed by atoms with Crippen LogP contribution in [0.25, 0.3) is 5.69 Å². The summed E-state index contributed by atoms with van der Waals surface area (Å²) in [6, 6.07) is 9.59. The van der Waals surface area contributed by atoms with E-state index in [4.69, 9.17) is 0 Å². The molecule has 0 spiro atoms. The number of benzene rings is 1. The molecule has 2 bridgehead atoms. The minimum atomic E-state index is -3.45. The predicted molar refractivity (Wildman–Crippen MR) is 96.1 cm³/mol. The van der Waals surface area contributed by atoms with Gasteiger partial charge in [-0.05, 0) is 56.1 Å². The number of imidazole rings is 1. The van der Waals surface area contributed by atoms with E-state index in [1.807, 2.05) is 30.3 Å². The van der Waals surface area contributed by atoms with Gasteiger partial charge in [0.1, 0.15) is 11.6 Å². The van der Waals surface area contributed by atoms with Crippen LogP contribution < -0.4 is 0 Å². The molecule has 3 saturated carbocycles. The van der Waals surface area contributed by atoms with E-state index in [1.54, 1.807) is 17.0 Å². The molecule has 1 N–H and O–H groups in total. The lowest BCUT2D eigenvalue weighted by Crippen LogP contribution is -2.52. The van der Waals surface area contributed by atoms with Gasteiger partial charge in [-0.3, -0.25) is 0 Å². The Kier molecular flexibility index (Phi) is 4.20. The highest BCUT2D eigenvalue weighted by Crippen LogP contribution is 2.48. The summed E-state index contributed by atoms with van der Waals surface area (Å²) in [5.74, 6) is 0.811. The largest absolute Gasteiger partial charge is 0.389 e. The first-order chi connectivity index (χ1) is 12.0. The van der Waals surface area contributed by atoms with Crippen molar-refractivity contribution in [1.82, 2.24) is 9.55 Å². The van der Waals surface area contributed by atoms with Crippen molar-refractivity contribution in [2.45, 2.75) is 43.5 Å². The number of nitrogens with zero attached hydrogens (tertiary/aromatic N) is 2. The first-order valence-corrected chi connectivity index (χ1v) is 10.8. The molecule has 3 aliphatic carbocycles. The molecule has 0 saturated heterocycles. The summed E-state index contributed by atoms with van der Waals surface area (Å²) in [5.41, 5.74) is -0.162. The number of rotatable bonds is 5. The quantitative estimate of drug-likeness (QED) is 0.890. The van der Waals surface area contributed by atoms with Crippen LogP contribution in [0.2, 0.25) is 0 Å². The molecule has 3 aliphatic rings. The molecule has 0 radical (unpaired) electrons. The molecule has 1 atom stereocenters. The Morgan fingerprint density at radius 1 is 1.16 bits per heavy atom. The summed E-state index contributed by atoms with van der Waals surface area (Å²) in [5, 5.41) is 11.0. The Balaban J connectivity index is 1.54. The highest BCUT2D eigenvalue weighted by Gasteiger charge is 2.48. The molecular formula is C19H24N2O3S. The number of aromatic nitrogens is 2. The molecule has 1 unspecified atom stereocenters. The first-order valence-electron chi connectivity index (χ1n) is 8.96. The zero-order valence-electron chi connectivity index (χ0n) is 14.2. The zero-order chi connectivity index (χ0) is 17.5. The minimum absolute atomic E-state index is 0.126. The Morgan fingerprint density at radius 3 is 2.52 bits per heavy atom.